The van der Waals surface area contributed by atoms with Crippen LogP contribution in [0.1, 0.15) is 35.4 Å². The Balaban J connectivity index is 2.96. The molecular weight excluding hydrogens is 314 g/mol. The van der Waals surface area contributed by atoms with Crippen molar-refractivity contribution in [3.63, 3.8) is 0 Å². The second kappa shape index (κ2) is 7.87. The summed E-state index contributed by atoms with van der Waals surface area (Å²) in [5.74, 6) is -1.17. The number of nitro benzene ring substituents is 1. The van der Waals surface area contributed by atoms with E-state index in [-0.39, 0.29) is 22.9 Å². The van der Waals surface area contributed by atoms with E-state index >= 15 is 0 Å². The highest BCUT2D eigenvalue weighted by Crippen LogP contribution is 2.27. The molecule has 1 aromatic carbocycles. The Morgan fingerprint density at radius 2 is 2.00 bits per heavy atom. The fourth-order valence-corrected chi connectivity index (χ4v) is 2.44. The van der Waals surface area contributed by atoms with Gasteiger partial charge in [0.15, 0.2) is 5.12 Å². The predicted molar refractivity (Wildman–Crippen MR) is 78.8 cm³/mol. The van der Waals surface area contributed by atoms with Gasteiger partial charge in [-0.05, 0) is 18.1 Å². The normalized spacial score (nSPS) is 13.4. The minimum Gasteiger partial charge on any atom is -0.478 e. The average Bonchev–Trinajstić information content (AvgIpc) is 2.45. The maximum atomic E-state index is 11.2. The lowest BCUT2D eigenvalue weighted by molar-refractivity contribution is -0.384. The number of carboxylic acids is 1. The lowest BCUT2D eigenvalue weighted by Crippen LogP contribution is -2.21. The third-order valence-electron chi connectivity index (χ3n) is 2.88. The van der Waals surface area contributed by atoms with Crippen LogP contribution in [0.4, 0.5) is 5.69 Å². The van der Waals surface area contributed by atoms with Crippen molar-refractivity contribution in [1.29, 1.82) is 0 Å². The molecular formula is C13H15NO7S. The largest absolute Gasteiger partial charge is 0.478 e. The molecule has 0 radical (unpaired) electrons. The van der Waals surface area contributed by atoms with E-state index in [0.717, 1.165) is 30.0 Å². The van der Waals surface area contributed by atoms with Crippen molar-refractivity contribution >= 4 is 28.5 Å². The summed E-state index contributed by atoms with van der Waals surface area (Å²) in [4.78, 5) is 31.9. The van der Waals surface area contributed by atoms with Gasteiger partial charge in [0.05, 0.1) is 16.6 Å². The number of benzene rings is 1. The molecule has 0 aliphatic rings. The molecule has 120 valence electrons. The van der Waals surface area contributed by atoms with Gasteiger partial charge < -0.3 is 15.3 Å². The molecule has 1 rings (SSSR count). The number of carbonyl (C=O) groups is 2. The minimum absolute atomic E-state index is 0.0709. The summed E-state index contributed by atoms with van der Waals surface area (Å²) in [5, 5.41) is 39.5. The molecule has 22 heavy (non-hydrogen) atoms. The highest BCUT2D eigenvalue weighted by Gasteiger charge is 2.25. The molecule has 0 aliphatic carbocycles. The molecule has 0 bridgehead atoms. The average molecular weight is 329 g/mol. The van der Waals surface area contributed by atoms with Crippen LogP contribution in [0.3, 0.4) is 0 Å². The zero-order chi connectivity index (χ0) is 16.9. The predicted octanol–water partition coefficient (Wildman–Crippen LogP) is 1.36. The minimum atomic E-state index is -1.51. The SMILES string of the molecule is CC(=O)SCCC(O)C(O)c1ccc([N+](=O)[O-])cc1C(=O)O. The van der Waals surface area contributed by atoms with E-state index in [1.165, 1.54) is 6.92 Å². The van der Waals surface area contributed by atoms with Crippen LogP contribution in [0.25, 0.3) is 0 Å². The number of nitro groups is 1. The first-order chi connectivity index (χ1) is 10.2. The maximum absolute atomic E-state index is 11.2. The number of carbonyl (C=O) groups excluding carboxylic acids is 1. The van der Waals surface area contributed by atoms with E-state index in [9.17, 15) is 29.9 Å². The van der Waals surface area contributed by atoms with Gasteiger partial charge in [0.2, 0.25) is 0 Å². The Morgan fingerprint density at radius 1 is 1.36 bits per heavy atom. The smallest absolute Gasteiger partial charge is 0.336 e. The number of aliphatic hydroxyl groups excluding tert-OH is 2. The number of hydrogen-bond donors (Lipinski definition) is 3. The van der Waals surface area contributed by atoms with Gasteiger partial charge in [-0.25, -0.2) is 4.79 Å². The lowest BCUT2D eigenvalue weighted by atomic mass is 9.97. The van der Waals surface area contributed by atoms with Crippen molar-refractivity contribution in [2.24, 2.45) is 0 Å². The maximum Gasteiger partial charge on any atom is 0.336 e. The molecule has 2 atom stereocenters. The van der Waals surface area contributed by atoms with Crippen molar-refractivity contribution < 1.29 is 29.8 Å². The number of carboxylic acid groups (broad SMARTS) is 1. The van der Waals surface area contributed by atoms with E-state index in [1.807, 2.05) is 0 Å². The van der Waals surface area contributed by atoms with E-state index in [2.05, 4.69) is 0 Å². The molecule has 1 aromatic rings. The van der Waals surface area contributed by atoms with Crippen LogP contribution in [0, 0.1) is 10.1 Å². The number of rotatable bonds is 7. The monoisotopic (exact) mass is 329 g/mol. The molecule has 9 heteroatoms. The summed E-state index contributed by atoms with van der Waals surface area (Å²) < 4.78 is 0. The van der Waals surface area contributed by atoms with E-state index in [1.54, 1.807) is 0 Å². The van der Waals surface area contributed by atoms with Gasteiger partial charge in [0, 0.05) is 24.8 Å². The van der Waals surface area contributed by atoms with Crippen molar-refractivity contribution in [2.75, 3.05) is 5.75 Å². The summed E-state index contributed by atoms with van der Waals surface area (Å²) in [6.45, 7) is 1.37. The summed E-state index contributed by atoms with van der Waals surface area (Å²) >= 11 is 0.973. The van der Waals surface area contributed by atoms with E-state index < -0.39 is 34.4 Å². The molecule has 0 spiro atoms. The number of aliphatic hydroxyl groups is 2. The molecule has 0 saturated heterocycles. The van der Waals surface area contributed by atoms with Gasteiger partial charge >= 0.3 is 5.97 Å². The fourth-order valence-electron chi connectivity index (χ4n) is 1.79. The Morgan fingerprint density at radius 3 is 2.50 bits per heavy atom. The lowest BCUT2D eigenvalue weighted by Gasteiger charge is -2.19. The Hall–Kier alpha value is -1.97. The first-order valence-electron chi connectivity index (χ1n) is 6.25. The highest BCUT2D eigenvalue weighted by molar-refractivity contribution is 8.13. The molecule has 0 amide bonds. The Bertz CT molecular complexity index is 590. The number of non-ortho nitro benzene ring substituents is 1. The summed E-state index contributed by atoms with van der Waals surface area (Å²) in [6.07, 6.45) is -2.73. The van der Waals surface area contributed by atoms with Crippen LogP contribution in [-0.4, -0.2) is 43.2 Å². The molecule has 0 saturated carbocycles. The molecule has 8 nitrogen and oxygen atoms in total. The third kappa shape index (κ3) is 4.79. The van der Waals surface area contributed by atoms with Crippen molar-refractivity contribution in [3.05, 3.63) is 39.4 Å². The van der Waals surface area contributed by atoms with Crippen LogP contribution in [0.15, 0.2) is 18.2 Å². The third-order valence-corrected chi connectivity index (χ3v) is 3.73. The van der Waals surface area contributed by atoms with Gasteiger partial charge in [-0.1, -0.05) is 11.8 Å². The summed E-state index contributed by atoms with van der Waals surface area (Å²) in [5.41, 5.74) is -0.978. The zero-order valence-electron chi connectivity index (χ0n) is 11.6. The fraction of sp³-hybridized carbons (Fsp3) is 0.385. The van der Waals surface area contributed by atoms with Crippen LogP contribution >= 0.6 is 11.8 Å². The van der Waals surface area contributed by atoms with Crippen LogP contribution in [0.2, 0.25) is 0 Å². The summed E-state index contributed by atoms with van der Waals surface area (Å²) in [6, 6.07) is 2.99. The number of hydrogen-bond acceptors (Lipinski definition) is 7. The van der Waals surface area contributed by atoms with Gasteiger partial charge in [-0.2, -0.15) is 0 Å². The van der Waals surface area contributed by atoms with Crippen molar-refractivity contribution in [3.8, 4) is 0 Å². The standard InChI is InChI=1S/C13H15NO7S/c1-7(15)22-5-4-11(16)12(17)9-3-2-8(14(20)21)6-10(9)13(18)19/h2-3,6,11-12,16-17H,4-5H2,1H3,(H,18,19). The van der Waals surface area contributed by atoms with Crippen molar-refractivity contribution in [1.82, 2.24) is 0 Å². The van der Waals surface area contributed by atoms with Crippen LogP contribution < -0.4 is 0 Å². The number of aromatic carboxylic acids is 1. The van der Waals surface area contributed by atoms with Gasteiger partial charge in [0.1, 0.15) is 6.10 Å². The molecule has 0 aliphatic heterocycles. The molecule has 0 fully saturated rings. The first kappa shape index (κ1) is 18.1. The van der Waals surface area contributed by atoms with E-state index in [0.29, 0.717) is 0 Å². The second-order valence-electron chi connectivity index (χ2n) is 4.47. The molecule has 2 unspecified atom stereocenters. The highest BCUT2D eigenvalue weighted by atomic mass is 32.2. The molecule has 3 N–H and O–H groups in total. The molecule has 0 aromatic heterocycles. The van der Waals surface area contributed by atoms with Crippen LogP contribution in [-0.2, 0) is 4.79 Å². The number of nitrogens with zero attached hydrogens (tertiary/aromatic N) is 1. The van der Waals surface area contributed by atoms with Gasteiger partial charge in [0.25, 0.3) is 5.69 Å². The molecule has 0 heterocycles. The number of thioether (sulfide) groups is 1. The van der Waals surface area contributed by atoms with Gasteiger partial charge in [-0.15, -0.1) is 0 Å². The van der Waals surface area contributed by atoms with Crippen LogP contribution in [0.5, 0.6) is 0 Å². The van der Waals surface area contributed by atoms with Crippen molar-refractivity contribution in [2.45, 2.75) is 25.6 Å². The topological polar surface area (TPSA) is 138 Å². The first-order valence-corrected chi connectivity index (χ1v) is 7.23. The quantitative estimate of drug-likeness (QED) is 0.503. The zero-order valence-corrected chi connectivity index (χ0v) is 12.4. The summed E-state index contributed by atoms with van der Waals surface area (Å²) in [7, 11) is 0. The second-order valence-corrected chi connectivity index (χ2v) is 5.75. The Labute approximate surface area is 129 Å². The van der Waals surface area contributed by atoms with Gasteiger partial charge in [-0.3, -0.25) is 14.9 Å². The Kier molecular flexibility index (Phi) is 6.47. The van der Waals surface area contributed by atoms with E-state index in [4.69, 9.17) is 5.11 Å².